The van der Waals surface area contributed by atoms with Gasteiger partial charge in [-0.15, -0.1) is 0 Å². The molecule has 0 unspecified atom stereocenters. The third kappa shape index (κ3) is 3.45. The van der Waals surface area contributed by atoms with E-state index in [-0.39, 0.29) is 18.1 Å². The second-order valence-corrected chi connectivity index (χ2v) is 4.65. The molecule has 0 aliphatic rings. The van der Waals surface area contributed by atoms with Crippen LogP contribution in [0.15, 0.2) is 60.7 Å². The van der Waals surface area contributed by atoms with Crippen LogP contribution in [0.25, 0.3) is 0 Å². The molecule has 3 nitrogen and oxygen atoms in total. The highest BCUT2D eigenvalue weighted by atomic mass is 16.5. The van der Waals surface area contributed by atoms with Crippen molar-refractivity contribution in [2.45, 2.75) is 19.1 Å². The fraction of sp³-hybridized carbons (Fsp3) is 0.235. The lowest BCUT2D eigenvalue weighted by Crippen LogP contribution is -2.33. The monoisotopic (exact) mass is 269 g/mol. The highest BCUT2D eigenvalue weighted by Crippen LogP contribution is 2.26. The van der Waals surface area contributed by atoms with Gasteiger partial charge in [-0.3, -0.25) is 4.79 Å². The molecule has 0 spiro atoms. The number of likely N-dealkylation sites (N-methyl/N-ethyl adjacent to an activating group) is 1. The Morgan fingerprint density at radius 3 is 1.80 bits per heavy atom. The number of carbonyl (C=O) groups excluding carboxylic acids is 1. The predicted octanol–water partition coefficient (Wildman–Crippen LogP) is 2.93. The van der Waals surface area contributed by atoms with Gasteiger partial charge in [0.25, 0.3) is 0 Å². The second-order valence-electron chi connectivity index (χ2n) is 4.65. The van der Waals surface area contributed by atoms with E-state index in [0.29, 0.717) is 0 Å². The molecule has 1 atom stereocenters. The Morgan fingerprint density at radius 2 is 1.40 bits per heavy atom. The topological polar surface area (TPSA) is 38.3 Å². The molecule has 0 heterocycles. The van der Waals surface area contributed by atoms with Crippen LogP contribution in [0.1, 0.15) is 24.2 Å². The summed E-state index contributed by atoms with van der Waals surface area (Å²) >= 11 is 0. The Bertz CT molecular complexity index is 500. The zero-order valence-electron chi connectivity index (χ0n) is 11.7. The van der Waals surface area contributed by atoms with E-state index in [2.05, 4.69) is 5.32 Å². The molecule has 0 saturated carbocycles. The molecule has 2 aromatic carbocycles. The van der Waals surface area contributed by atoms with E-state index in [0.717, 1.165) is 11.1 Å². The maximum atomic E-state index is 12.0. The van der Waals surface area contributed by atoms with Crippen molar-refractivity contribution in [2.24, 2.45) is 0 Å². The Balaban J connectivity index is 2.28. The smallest absolute Gasteiger partial charge is 0.323 e. The number of esters is 1. The largest absolute Gasteiger partial charge is 0.451 e. The summed E-state index contributed by atoms with van der Waals surface area (Å²) in [7, 11) is 1.74. The molecule has 0 aromatic heterocycles. The third-order valence-corrected chi connectivity index (χ3v) is 3.23. The molecular weight excluding hydrogens is 250 g/mol. The first-order valence-corrected chi connectivity index (χ1v) is 6.70. The van der Waals surface area contributed by atoms with Crippen LogP contribution >= 0.6 is 0 Å². The lowest BCUT2D eigenvalue weighted by Gasteiger charge is -2.21. The van der Waals surface area contributed by atoms with Gasteiger partial charge in [0.2, 0.25) is 0 Å². The zero-order valence-corrected chi connectivity index (χ0v) is 11.7. The van der Waals surface area contributed by atoms with Crippen molar-refractivity contribution >= 4 is 5.97 Å². The Hall–Kier alpha value is -2.13. The SMILES string of the molecule is CN[C@@H](C)C(=O)OC(c1ccccc1)c1ccccc1. The van der Waals surface area contributed by atoms with Gasteiger partial charge in [0.15, 0.2) is 6.10 Å². The molecule has 1 N–H and O–H groups in total. The minimum Gasteiger partial charge on any atom is -0.451 e. The van der Waals surface area contributed by atoms with Crippen molar-refractivity contribution in [2.75, 3.05) is 7.05 Å². The molecule has 0 saturated heterocycles. The van der Waals surface area contributed by atoms with Crippen molar-refractivity contribution in [1.82, 2.24) is 5.32 Å². The van der Waals surface area contributed by atoms with Crippen molar-refractivity contribution in [3.8, 4) is 0 Å². The summed E-state index contributed by atoms with van der Waals surface area (Å²) in [5.41, 5.74) is 1.94. The first kappa shape index (κ1) is 14.3. The number of ether oxygens (including phenoxy) is 1. The lowest BCUT2D eigenvalue weighted by atomic mass is 10.0. The van der Waals surface area contributed by atoms with Crippen molar-refractivity contribution in [3.05, 3.63) is 71.8 Å². The highest BCUT2D eigenvalue weighted by molar-refractivity contribution is 5.75. The number of hydrogen-bond acceptors (Lipinski definition) is 3. The van der Waals surface area contributed by atoms with E-state index < -0.39 is 0 Å². The molecule has 3 heteroatoms. The fourth-order valence-electron chi connectivity index (χ4n) is 1.92. The van der Waals surface area contributed by atoms with Gasteiger partial charge >= 0.3 is 5.97 Å². The number of nitrogens with one attached hydrogen (secondary N) is 1. The molecule has 0 fully saturated rings. The molecule has 0 bridgehead atoms. The number of benzene rings is 2. The van der Waals surface area contributed by atoms with Crippen LogP contribution in [0.3, 0.4) is 0 Å². The van der Waals surface area contributed by atoms with Gasteiger partial charge in [0, 0.05) is 0 Å². The van der Waals surface area contributed by atoms with Gasteiger partial charge in [-0.05, 0) is 25.1 Å². The first-order chi connectivity index (χ1) is 9.72. The molecule has 0 amide bonds. The predicted molar refractivity (Wildman–Crippen MR) is 79.3 cm³/mol. The summed E-state index contributed by atoms with van der Waals surface area (Å²) in [5, 5.41) is 2.90. The molecule has 0 radical (unpaired) electrons. The Morgan fingerprint density at radius 1 is 0.950 bits per heavy atom. The van der Waals surface area contributed by atoms with Crippen molar-refractivity contribution in [1.29, 1.82) is 0 Å². The molecule has 20 heavy (non-hydrogen) atoms. The molecule has 0 aliphatic carbocycles. The average molecular weight is 269 g/mol. The van der Waals surface area contributed by atoms with E-state index in [1.54, 1.807) is 14.0 Å². The van der Waals surface area contributed by atoms with E-state index in [1.165, 1.54) is 0 Å². The van der Waals surface area contributed by atoms with Crippen LogP contribution in [-0.4, -0.2) is 19.1 Å². The molecular formula is C17H19NO2. The molecule has 0 aliphatic heterocycles. The minimum atomic E-state index is -0.374. The van der Waals surface area contributed by atoms with Crippen LogP contribution in [0, 0.1) is 0 Å². The minimum absolute atomic E-state index is 0.259. The van der Waals surface area contributed by atoms with Gasteiger partial charge < -0.3 is 10.1 Å². The summed E-state index contributed by atoms with van der Waals surface area (Å²) in [6.45, 7) is 1.79. The summed E-state index contributed by atoms with van der Waals surface area (Å²) in [6.07, 6.45) is -0.374. The first-order valence-electron chi connectivity index (χ1n) is 6.70. The standard InChI is InChI=1S/C17H19NO2/c1-13(18-2)17(19)20-16(14-9-5-3-6-10-14)15-11-7-4-8-12-15/h3-13,16,18H,1-2H3/t13-/m0/s1. The summed E-state index contributed by atoms with van der Waals surface area (Å²) in [6, 6.07) is 19.2. The average Bonchev–Trinajstić information content (AvgIpc) is 2.53. The third-order valence-electron chi connectivity index (χ3n) is 3.23. The van der Waals surface area contributed by atoms with E-state index in [4.69, 9.17) is 4.74 Å². The van der Waals surface area contributed by atoms with Gasteiger partial charge in [-0.2, -0.15) is 0 Å². The van der Waals surface area contributed by atoms with Gasteiger partial charge in [0.05, 0.1) is 0 Å². The number of hydrogen-bond donors (Lipinski definition) is 1. The van der Waals surface area contributed by atoms with Gasteiger partial charge in [-0.25, -0.2) is 0 Å². The normalized spacial score (nSPS) is 12.2. The van der Waals surface area contributed by atoms with E-state index in [9.17, 15) is 4.79 Å². The molecule has 104 valence electrons. The Kier molecular flexibility index (Phi) is 4.91. The number of carbonyl (C=O) groups is 1. The van der Waals surface area contributed by atoms with E-state index >= 15 is 0 Å². The molecule has 2 aromatic rings. The summed E-state index contributed by atoms with van der Waals surface area (Å²) in [5.74, 6) is -0.259. The van der Waals surface area contributed by atoms with Crippen LogP contribution in [0.2, 0.25) is 0 Å². The number of rotatable bonds is 5. The highest BCUT2D eigenvalue weighted by Gasteiger charge is 2.21. The van der Waals surface area contributed by atoms with Crippen LogP contribution in [-0.2, 0) is 9.53 Å². The van der Waals surface area contributed by atoms with Crippen LogP contribution in [0.4, 0.5) is 0 Å². The van der Waals surface area contributed by atoms with Crippen molar-refractivity contribution < 1.29 is 9.53 Å². The van der Waals surface area contributed by atoms with Crippen molar-refractivity contribution in [3.63, 3.8) is 0 Å². The maximum absolute atomic E-state index is 12.0. The zero-order chi connectivity index (χ0) is 14.4. The van der Waals surface area contributed by atoms with Gasteiger partial charge in [-0.1, -0.05) is 60.7 Å². The molecule has 2 rings (SSSR count). The summed E-state index contributed by atoms with van der Waals surface area (Å²) in [4.78, 5) is 12.0. The van der Waals surface area contributed by atoms with Crippen LogP contribution < -0.4 is 5.32 Å². The lowest BCUT2D eigenvalue weighted by molar-refractivity contribution is -0.149. The Labute approximate surface area is 119 Å². The van der Waals surface area contributed by atoms with Gasteiger partial charge in [0.1, 0.15) is 6.04 Å². The van der Waals surface area contributed by atoms with E-state index in [1.807, 2.05) is 60.7 Å². The quantitative estimate of drug-likeness (QED) is 0.848. The fourth-order valence-corrected chi connectivity index (χ4v) is 1.92. The maximum Gasteiger partial charge on any atom is 0.323 e. The second kappa shape index (κ2) is 6.87. The summed E-state index contributed by atoms with van der Waals surface area (Å²) < 4.78 is 5.67. The van der Waals surface area contributed by atoms with Crippen LogP contribution in [0.5, 0.6) is 0 Å².